The van der Waals surface area contributed by atoms with Gasteiger partial charge in [-0.05, 0) is 0 Å². The molecule has 0 aromatic heterocycles. The van der Waals surface area contributed by atoms with Crippen molar-refractivity contribution in [1.29, 1.82) is 0 Å². The number of rotatable bonds is 6. The van der Waals surface area contributed by atoms with Gasteiger partial charge >= 0.3 is 5.97 Å². The quantitative estimate of drug-likeness (QED) is 0.492. The molecule has 0 radical (unpaired) electrons. The summed E-state index contributed by atoms with van der Waals surface area (Å²) < 4.78 is 21.3. The summed E-state index contributed by atoms with van der Waals surface area (Å²) in [5.74, 6) is -2.74. The topological polar surface area (TPSA) is 121 Å². The normalized spacial score (nSPS) is 13.2. The van der Waals surface area contributed by atoms with Crippen molar-refractivity contribution in [3.63, 3.8) is 0 Å². The van der Waals surface area contributed by atoms with Crippen LogP contribution in [-0.4, -0.2) is 55.2 Å². The summed E-state index contributed by atoms with van der Waals surface area (Å²) in [4.78, 5) is 21.0. The Balaban J connectivity index is 3.79. The Morgan fingerprint density at radius 2 is 1.93 bits per heavy atom. The van der Waals surface area contributed by atoms with Crippen molar-refractivity contribution in [1.82, 2.24) is 5.32 Å². The van der Waals surface area contributed by atoms with Gasteiger partial charge in [0.25, 0.3) is 0 Å². The second-order valence-electron chi connectivity index (χ2n) is 3.06. The summed E-state index contributed by atoms with van der Waals surface area (Å²) in [5, 5.41) is 19.3. The van der Waals surface area contributed by atoms with Gasteiger partial charge in [0.05, 0.1) is 0 Å². The van der Waals surface area contributed by atoms with Crippen molar-refractivity contribution in [3.05, 3.63) is 0 Å². The lowest BCUT2D eigenvalue weighted by molar-refractivity contribution is -0.147. The average Bonchev–Trinajstić information content (AvgIpc) is 2.00. The van der Waals surface area contributed by atoms with E-state index in [1.165, 1.54) is 0 Å². The molecule has 0 fully saturated rings. The zero-order valence-corrected chi connectivity index (χ0v) is 8.95. The highest BCUT2D eigenvalue weighted by molar-refractivity contribution is 7.91. The number of carbonyl (C=O) groups is 2. The van der Waals surface area contributed by atoms with Crippen molar-refractivity contribution >= 4 is 21.7 Å². The van der Waals surface area contributed by atoms with Crippen LogP contribution >= 0.6 is 0 Å². The molecule has 1 atom stereocenters. The first kappa shape index (κ1) is 13.8. The van der Waals surface area contributed by atoms with Crippen LogP contribution < -0.4 is 5.32 Å². The molecule has 1 amide bonds. The average molecular weight is 239 g/mol. The molecule has 0 aromatic carbocycles. The number of aliphatic hydroxyl groups excluding tert-OH is 1. The predicted molar refractivity (Wildman–Crippen MR) is 51.0 cm³/mol. The van der Waals surface area contributed by atoms with E-state index in [0.29, 0.717) is 0 Å². The lowest BCUT2D eigenvalue weighted by Crippen LogP contribution is -2.33. The number of aliphatic carboxylic acids is 1. The molecule has 0 aliphatic carbocycles. The van der Waals surface area contributed by atoms with Gasteiger partial charge in [-0.2, -0.15) is 0 Å². The molecule has 0 saturated carbocycles. The lowest BCUT2D eigenvalue weighted by atomic mass is 10.2. The van der Waals surface area contributed by atoms with Gasteiger partial charge in [0, 0.05) is 19.2 Å². The van der Waals surface area contributed by atoms with Crippen LogP contribution in [0.1, 0.15) is 6.42 Å². The van der Waals surface area contributed by atoms with Gasteiger partial charge in [0.15, 0.2) is 15.9 Å². The van der Waals surface area contributed by atoms with Crippen LogP contribution in [0.3, 0.4) is 0 Å². The molecule has 0 spiro atoms. The van der Waals surface area contributed by atoms with E-state index in [-0.39, 0.29) is 13.0 Å². The number of carboxylic acid groups (broad SMARTS) is 1. The van der Waals surface area contributed by atoms with Gasteiger partial charge in [-0.1, -0.05) is 0 Å². The number of amides is 1. The zero-order valence-electron chi connectivity index (χ0n) is 8.13. The van der Waals surface area contributed by atoms with Crippen LogP contribution in [-0.2, 0) is 19.4 Å². The highest BCUT2D eigenvalue weighted by Crippen LogP contribution is 1.90. The first-order chi connectivity index (χ1) is 6.72. The van der Waals surface area contributed by atoms with E-state index in [2.05, 4.69) is 5.32 Å². The molecule has 0 rings (SSSR count). The SMILES string of the molecule is CS(=O)(=O)CC(=O)NCCC(O)C(=O)O. The summed E-state index contributed by atoms with van der Waals surface area (Å²) in [7, 11) is -3.38. The summed E-state index contributed by atoms with van der Waals surface area (Å²) in [6.07, 6.45) is -0.799. The highest BCUT2D eigenvalue weighted by atomic mass is 32.2. The molecule has 1 unspecified atom stereocenters. The Morgan fingerprint density at radius 3 is 2.33 bits per heavy atom. The van der Waals surface area contributed by atoms with E-state index < -0.39 is 33.6 Å². The van der Waals surface area contributed by atoms with Gasteiger partial charge < -0.3 is 15.5 Å². The van der Waals surface area contributed by atoms with Crippen LogP contribution in [0.2, 0.25) is 0 Å². The number of hydrogen-bond acceptors (Lipinski definition) is 5. The molecule has 0 aliphatic rings. The monoisotopic (exact) mass is 239 g/mol. The molecular weight excluding hydrogens is 226 g/mol. The number of carboxylic acids is 1. The van der Waals surface area contributed by atoms with E-state index in [1.807, 2.05) is 0 Å². The first-order valence-corrected chi connectivity index (χ1v) is 6.13. The molecule has 0 aliphatic heterocycles. The van der Waals surface area contributed by atoms with Crippen LogP contribution in [0.4, 0.5) is 0 Å². The number of nitrogens with one attached hydrogen (secondary N) is 1. The molecule has 3 N–H and O–H groups in total. The summed E-state index contributed by atoms with van der Waals surface area (Å²) >= 11 is 0. The van der Waals surface area contributed by atoms with Crippen LogP contribution in [0.15, 0.2) is 0 Å². The lowest BCUT2D eigenvalue weighted by Gasteiger charge is -2.06. The van der Waals surface area contributed by atoms with Crippen LogP contribution in [0.25, 0.3) is 0 Å². The van der Waals surface area contributed by atoms with E-state index in [9.17, 15) is 18.0 Å². The van der Waals surface area contributed by atoms with Gasteiger partial charge in [-0.25, -0.2) is 13.2 Å². The summed E-state index contributed by atoms with van der Waals surface area (Å²) in [5.41, 5.74) is 0. The van der Waals surface area contributed by atoms with Crippen molar-refractivity contribution in [2.45, 2.75) is 12.5 Å². The van der Waals surface area contributed by atoms with Crippen LogP contribution in [0.5, 0.6) is 0 Å². The number of sulfone groups is 1. The van der Waals surface area contributed by atoms with Crippen LogP contribution in [0, 0.1) is 0 Å². The third kappa shape index (κ3) is 7.89. The third-order valence-corrected chi connectivity index (χ3v) is 2.20. The van der Waals surface area contributed by atoms with E-state index in [0.717, 1.165) is 6.26 Å². The Hall–Kier alpha value is -1.15. The highest BCUT2D eigenvalue weighted by Gasteiger charge is 2.14. The molecule has 0 saturated heterocycles. The Morgan fingerprint density at radius 1 is 1.40 bits per heavy atom. The molecule has 15 heavy (non-hydrogen) atoms. The molecule has 0 aromatic rings. The summed E-state index contributed by atoms with van der Waals surface area (Å²) in [6.45, 7) is -0.0815. The van der Waals surface area contributed by atoms with Gasteiger partial charge in [-0.15, -0.1) is 0 Å². The fourth-order valence-electron chi connectivity index (χ4n) is 0.761. The van der Waals surface area contributed by atoms with E-state index in [4.69, 9.17) is 10.2 Å². The molecule has 8 heteroatoms. The van der Waals surface area contributed by atoms with E-state index >= 15 is 0 Å². The number of aliphatic hydroxyl groups is 1. The molecular formula is C7H13NO6S. The Bertz CT molecular complexity index is 335. The predicted octanol–water partition coefficient (Wildman–Crippen LogP) is -2.02. The summed E-state index contributed by atoms with van der Waals surface area (Å²) in [6, 6.07) is 0. The third-order valence-electron chi connectivity index (χ3n) is 1.42. The smallest absolute Gasteiger partial charge is 0.332 e. The van der Waals surface area contributed by atoms with Gasteiger partial charge in [-0.3, -0.25) is 4.79 Å². The van der Waals surface area contributed by atoms with Crippen molar-refractivity contribution in [2.75, 3.05) is 18.6 Å². The fourth-order valence-corrected chi connectivity index (χ4v) is 1.34. The minimum atomic E-state index is -3.38. The van der Waals surface area contributed by atoms with E-state index in [1.54, 1.807) is 0 Å². The van der Waals surface area contributed by atoms with Crippen molar-refractivity contribution < 1.29 is 28.2 Å². The minimum Gasteiger partial charge on any atom is -0.479 e. The molecule has 7 nitrogen and oxygen atoms in total. The van der Waals surface area contributed by atoms with Crippen molar-refractivity contribution in [2.24, 2.45) is 0 Å². The maximum Gasteiger partial charge on any atom is 0.332 e. The maximum absolute atomic E-state index is 10.9. The first-order valence-electron chi connectivity index (χ1n) is 4.07. The minimum absolute atomic E-state index is 0.0815. The zero-order chi connectivity index (χ0) is 12.1. The Kier molecular flexibility index (Phi) is 5.23. The molecule has 0 bridgehead atoms. The second-order valence-corrected chi connectivity index (χ2v) is 5.20. The van der Waals surface area contributed by atoms with Gasteiger partial charge in [0.2, 0.25) is 5.91 Å². The Labute approximate surface area is 87.0 Å². The van der Waals surface area contributed by atoms with Crippen molar-refractivity contribution in [3.8, 4) is 0 Å². The standard InChI is InChI=1S/C7H13NO6S/c1-15(13,14)4-6(10)8-3-2-5(9)7(11)12/h5,9H,2-4H2,1H3,(H,8,10)(H,11,12). The second kappa shape index (κ2) is 5.66. The number of hydrogen-bond donors (Lipinski definition) is 3. The maximum atomic E-state index is 10.9. The molecule has 88 valence electrons. The molecule has 0 heterocycles. The van der Waals surface area contributed by atoms with Gasteiger partial charge in [0.1, 0.15) is 5.75 Å². The fraction of sp³-hybridized carbons (Fsp3) is 0.714. The number of carbonyl (C=O) groups excluding carboxylic acids is 1. The largest absolute Gasteiger partial charge is 0.479 e.